The summed E-state index contributed by atoms with van der Waals surface area (Å²) in [5.41, 5.74) is 1.29. The van der Waals surface area contributed by atoms with Gasteiger partial charge in [-0.05, 0) is 36.8 Å². The van der Waals surface area contributed by atoms with Gasteiger partial charge in [-0.2, -0.15) is 11.8 Å². The Hall–Kier alpha value is -1.69. The minimum atomic E-state index is -0.346. The number of furan rings is 1. The topological polar surface area (TPSA) is 68.5 Å². The second kappa shape index (κ2) is 7.47. The minimum absolute atomic E-state index is 0.0473. The number of carbonyl (C=O) groups is 2. The van der Waals surface area contributed by atoms with Crippen LogP contribution in [0.3, 0.4) is 0 Å². The predicted molar refractivity (Wildman–Crippen MR) is 92.8 cm³/mol. The number of Topliss-reactive ketones (excluding diaryl/α,β-unsaturated/α-hetero) is 1. The normalized spacial score (nSPS) is 26.2. The molecule has 3 unspecified atom stereocenters. The molecule has 2 heterocycles. The smallest absolute Gasteiger partial charge is 0.354 e. The van der Waals surface area contributed by atoms with E-state index in [2.05, 4.69) is 12.2 Å². The predicted octanol–water partition coefficient (Wildman–Crippen LogP) is 2.88. The van der Waals surface area contributed by atoms with Crippen molar-refractivity contribution in [2.24, 2.45) is 5.92 Å². The summed E-state index contributed by atoms with van der Waals surface area (Å²) in [5.74, 6) is 2.32. The first-order chi connectivity index (χ1) is 11.6. The maximum absolute atomic E-state index is 12.6. The molecule has 5 nitrogen and oxygen atoms in total. The third-order valence-electron chi connectivity index (χ3n) is 4.74. The van der Waals surface area contributed by atoms with E-state index in [9.17, 15) is 9.59 Å². The lowest BCUT2D eigenvalue weighted by molar-refractivity contribution is -0.138. The first-order valence-corrected chi connectivity index (χ1v) is 9.55. The van der Waals surface area contributed by atoms with Gasteiger partial charge in [0.25, 0.3) is 0 Å². The zero-order valence-corrected chi connectivity index (χ0v) is 14.9. The highest BCUT2D eigenvalue weighted by Gasteiger charge is 2.45. The van der Waals surface area contributed by atoms with Crippen molar-refractivity contribution < 1.29 is 18.7 Å². The molecule has 0 radical (unpaired) electrons. The fourth-order valence-electron chi connectivity index (χ4n) is 3.63. The van der Waals surface area contributed by atoms with Crippen LogP contribution in [0.2, 0.25) is 0 Å². The number of fused-ring (bicyclic) bond motifs is 1. The van der Waals surface area contributed by atoms with E-state index in [1.807, 2.05) is 19.1 Å². The van der Waals surface area contributed by atoms with Crippen molar-refractivity contribution in [2.45, 2.75) is 38.6 Å². The molecule has 1 fully saturated rings. The SMILES string of the molecule is CCSCCOC(=O)C1=C(C)C2C(=O)CC(c3ccco3)CC2N1. The molecule has 0 amide bonds. The Kier molecular flexibility index (Phi) is 5.33. The number of rotatable bonds is 6. The van der Waals surface area contributed by atoms with Crippen molar-refractivity contribution in [1.82, 2.24) is 5.32 Å². The number of nitrogens with one attached hydrogen (secondary N) is 1. The van der Waals surface area contributed by atoms with Gasteiger partial charge in [0.05, 0.1) is 12.2 Å². The molecule has 3 atom stereocenters. The summed E-state index contributed by atoms with van der Waals surface area (Å²) >= 11 is 1.73. The average molecular weight is 349 g/mol. The van der Waals surface area contributed by atoms with E-state index in [1.165, 1.54) is 0 Å². The van der Waals surface area contributed by atoms with Crippen LogP contribution in [0, 0.1) is 5.92 Å². The molecule has 0 saturated heterocycles. The standard InChI is InChI=1S/C18H23NO4S/c1-3-24-8-7-23-18(21)17-11(2)16-13(19-17)9-12(10-14(16)20)15-5-4-6-22-15/h4-6,12-13,16,19H,3,7-10H2,1-2H3. The van der Waals surface area contributed by atoms with Crippen LogP contribution in [0.15, 0.2) is 34.1 Å². The Morgan fingerprint density at radius 3 is 3.04 bits per heavy atom. The van der Waals surface area contributed by atoms with Gasteiger partial charge in [-0.25, -0.2) is 4.79 Å². The van der Waals surface area contributed by atoms with Gasteiger partial charge in [0.1, 0.15) is 23.8 Å². The van der Waals surface area contributed by atoms with Crippen molar-refractivity contribution in [3.05, 3.63) is 35.4 Å². The van der Waals surface area contributed by atoms with Crippen LogP contribution in [0.25, 0.3) is 0 Å². The molecule has 1 aromatic heterocycles. The molecule has 130 valence electrons. The van der Waals surface area contributed by atoms with Crippen LogP contribution in [0.5, 0.6) is 0 Å². The van der Waals surface area contributed by atoms with Crippen molar-refractivity contribution in [3.8, 4) is 0 Å². The number of carbonyl (C=O) groups excluding carboxylic acids is 2. The van der Waals surface area contributed by atoms with Crippen LogP contribution >= 0.6 is 11.8 Å². The van der Waals surface area contributed by atoms with Gasteiger partial charge in [0, 0.05) is 24.1 Å². The van der Waals surface area contributed by atoms with Gasteiger partial charge in [-0.15, -0.1) is 0 Å². The molecule has 1 aromatic rings. The zero-order valence-electron chi connectivity index (χ0n) is 14.0. The summed E-state index contributed by atoms with van der Waals surface area (Å²) in [6.07, 6.45) is 2.88. The monoisotopic (exact) mass is 349 g/mol. The molecule has 0 aromatic carbocycles. The van der Waals surface area contributed by atoms with Crippen LogP contribution in [-0.2, 0) is 14.3 Å². The van der Waals surface area contributed by atoms with Crippen LogP contribution < -0.4 is 5.32 Å². The summed E-state index contributed by atoms with van der Waals surface area (Å²) < 4.78 is 10.8. The van der Waals surface area contributed by atoms with E-state index in [0.29, 0.717) is 18.7 Å². The highest BCUT2D eigenvalue weighted by Crippen LogP contribution is 2.41. The second-order valence-electron chi connectivity index (χ2n) is 6.24. The third-order valence-corrected chi connectivity index (χ3v) is 5.60. The molecule has 24 heavy (non-hydrogen) atoms. The third kappa shape index (κ3) is 3.38. The number of hydrogen-bond donors (Lipinski definition) is 1. The lowest BCUT2D eigenvalue weighted by Gasteiger charge is -2.30. The molecule has 1 aliphatic carbocycles. The van der Waals surface area contributed by atoms with E-state index in [-0.39, 0.29) is 29.6 Å². The van der Waals surface area contributed by atoms with E-state index in [1.54, 1.807) is 18.0 Å². The molecule has 1 aliphatic heterocycles. The Balaban J connectivity index is 1.66. The quantitative estimate of drug-likeness (QED) is 0.629. The van der Waals surface area contributed by atoms with Gasteiger partial charge in [0.2, 0.25) is 0 Å². The van der Waals surface area contributed by atoms with E-state index >= 15 is 0 Å². The lowest BCUT2D eigenvalue weighted by Crippen LogP contribution is -2.40. The Bertz CT molecular complexity index is 637. The van der Waals surface area contributed by atoms with E-state index in [4.69, 9.17) is 9.15 Å². The average Bonchev–Trinajstić information content (AvgIpc) is 3.20. The van der Waals surface area contributed by atoms with Crippen molar-refractivity contribution in [2.75, 3.05) is 18.1 Å². The number of ether oxygens (including phenoxy) is 1. The molecule has 0 spiro atoms. The minimum Gasteiger partial charge on any atom is -0.469 e. The van der Waals surface area contributed by atoms with E-state index < -0.39 is 0 Å². The van der Waals surface area contributed by atoms with E-state index in [0.717, 1.165) is 29.3 Å². The summed E-state index contributed by atoms with van der Waals surface area (Å²) in [5, 5.41) is 3.24. The molecule has 1 N–H and O–H groups in total. The number of thioether (sulfide) groups is 1. The first kappa shape index (κ1) is 17.1. The fourth-order valence-corrected chi connectivity index (χ4v) is 4.12. The highest BCUT2D eigenvalue weighted by molar-refractivity contribution is 7.99. The van der Waals surface area contributed by atoms with Gasteiger partial charge in [-0.3, -0.25) is 4.79 Å². The Morgan fingerprint density at radius 2 is 2.33 bits per heavy atom. The van der Waals surface area contributed by atoms with Gasteiger partial charge in [0.15, 0.2) is 0 Å². The van der Waals surface area contributed by atoms with Gasteiger partial charge in [-0.1, -0.05) is 6.92 Å². The van der Waals surface area contributed by atoms with Crippen molar-refractivity contribution in [3.63, 3.8) is 0 Å². The molecular weight excluding hydrogens is 326 g/mol. The zero-order chi connectivity index (χ0) is 17.1. The summed E-state index contributed by atoms with van der Waals surface area (Å²) in [4.78, 5) is 24.9. The van der Waals surface area contributed by atoms with Gasteiger partial charge >= 0.3 is 5.97 Å². The largest absolute Gasteiger partial charge is 0.469 e. The fraction of sp³-hybridized carbons (Fsp3) is 0.556. The first-order valence-electron chi connectivity index (χ1n) is 8.40. The number of ketones is 1. The highest BCUT2D eigenvalue weighted by atomic mass is 32.2. The van der Waals surface area contributed by atoms with Crippen LogP contribution in [0.1, 0.15) is 38.4 Å². The Labute approximate surface area is 146 Å². The number of hydrogen-bond acceptors (Lipinski definition) is 6. The molecule has 6 heteroatoms. The summed E-state index contributed by atoms with van der Waals surface area (Å²) in [7, 11) is 0. The molecule has 3 rings (SSSR count). The molecule has 2 aliphatic rings. The second-order valence-corrected chi connectivity index (χ2v) is 7.63. The molecule has 0 bridgehead atoms. The number of esters is 1. The Morgan fingerprint density at radius 1 is 1.50 bits per heavy atom. The molecule has 1 saturated carbocycles. The van der Waals surface area contributed by atoms with Gasteiger partial charge < -0.3 is 14.5 Å². The van der Waals surface area contributed by atoms with Crippen molar-refractivity contribution in [1.29, 1.82) is 0 Å². The molecular formula is C18H23NO4S. The maximum Gasteiger partial charge on any atom is 0.354 e. The van der Waals surface area contributed by atoms with Crippen LogP contribution in [0.4, 0.5) is 0 Å². The van der Waals surface area contributed by atoms with Crippen LogP contribution in [-0.4, -0.2) is 35.9 Å². The lowest BCUT2D eigenvalue weighted by atomic mass is 9.75. The summed E-state index contributed by atoms with van der Waals surface area (Å²) in [6, 6.07) is 3.71. The summed E-state index contributed by atoms with van der Waals surface area (Å²) in [6.45, 7) is 4.33. The maximum atomic E-state index is 12.6. The van der Waals surface area contributed by atoms with Crippen molar-refractivity contribution >= 4 is 23.5 Å².